The van der Waals surface area contributed by atoms with Crippen molar-refractivity contribution in [2.75, 3.05) is 26.2 Å². The minimum Gasteiger partial charge on any atom is -1.00 e. The number of primary amides is 1. The first-order valence-electron chi connectivity index (χ1n) is 10.9. The van der Waals surface area contributed by atoms with E-state index in [-0.39, 0.29) is 35.0 Å². The number of quaternary nitrogens is 1. The molecular formula is C23H33BrN2O3. The van der Waals surface area contributed by atoms with Crippen molar-refractivity contribution in [3.63, 3.8) is 0 Å². The average molecular weight is 465 g/mol. The number of benzene rings is 1. The zero-order valence-corrected chi connectivity index (χ0v) is 18.7. The van der Waals surface area contributed by atoms with Crippen LogP contribution in [0.5, 0.6) is 0 Å². The van der Waals surface area contributed by atoms with Gasteiger partial charge in [0.05, 0.1) is 18.5 Å². The molecule has 1 saturated carbocycles. The minimum absolute atomic E-state index is 0. The molecule has 1 aliphatic carbocycles. The number of amides is 1. The van der Waals surface area contributed by atoms with Crippen molar-refractivity contribution in [2.24, 2.45) is 11.7 Å². The maximum atomic E-state index is 13.6. The molecule has 2 N–H and O–H groups in total. The molecule has 3 saturated heterocycles. The lowest BCUT2D eigenvalue weighted by molar-refractivity contribution is -0.939. The lowest BCUT2D eigenvalue weighted by Gasteiger charge is -2.51. The molecule has 5 rings (SSSR count). The zero-order chi connectivity index (χ0) is 19.6. The van der Waals surface area contributed by atoms with Crippen LogP contribution >= 0.6 is 0 Å². The Morgan fingerprint density at radius 2 is 1.66 bits per heavy atom. The molecular weight excluding hydrogens is 432 g/mol. The molecule has 0 unspecified atom stereocenters. The van der Waals surface area contributed by atoms with Gasteiger partial charge in [0, 0.05) is 18.8 Å². The number of carbonyl (C=O) groups is 2. The van der Waals surface area contributed by atoms with Crippen molar-refractivity contribution in [1.82, 2.24) is 0 Å². The summed E-state index contributed by atoms with van der Waals surface area (Å²) in [6.45, 7) is 3.06. The smallest absolute Gasteiger partial charge is 0.317 e. The molecule has 0 spiro atoms. The number of piperidine rings is 3. The third-order valence-electron chi connectivity index (χ3n) is 7.47. The van der Waals surface area contributed by atoms with Crippen molar-refractivity contribution in [1.29, 1.82) is 0 Å². The molecule has 3 aliphatic heterocycles. The fourth-order valence-corrected chi connectivity index (χ4v) is 5.86. The van der Waals surface area contributed by atoms with Crippen LogP contribution in [0.15, 0.2) is 30.3 Å². The maximum absolute atomic E-state index is 13.6. The number of fused-ring (bicyclic) bond motifs is 3. The summed E-state index contributed by atoms with van der Waals surface area (Å²) in [5.41, 5.74) is 6.10. The van der Waals surface area contributed by atoms with Crippen LogP contribution in [-0.2, 0) is 19.7 Å². The van der Waals surface area contributed by atoms with Gasteiger partial charge in [-0.15, -0.1) is 0 Å². The molecule has 29 heavy (non-hydrogen) atoms. The van der Waals surface area contributed by atoms with Crippen LogP contribution in [0.3, 0.4) is 0 Å². The molecule has 4 aliphatic rings. The standard InChI is InChI=1S/C23H32N2O3.BrH/c24-21(26)17-25-14-10-18(11-15-25)20(16-25)28-22(27)23(12-6-1-2-7-13-23)19-8-4-3-5-9-19;/h3-5,8-9,18,20H,1-2,6-7,10-17H2,(H-,24,26);1H/t18?,20-,25?;/m0./s1. The van der Waals surface area contributed by atoms with Crippen molar-refractivity contribution >= 4 is 11.9 Å². The van der Waals surface area contributed by atoms with E-state index in [1.54, 1.807) is 0 Å². The number of carbonyl (C=O) groups excluding carboxylic acids is 2. The fraction of sp³-hybridized carbons (Fsp3) is 0.652. The molecule has 2 bridgehead atoms. The van der Waals surface area contributed by atoms with Crippen LogP contribution in [-0.4, -0.2) is 48.6 Å². The van der Waals surface area contributed by atoms with Gasteiger partial charge < -0.3 is 31.9 Å². The molecule has 0 radical (unpaired) electrons. The summed E-state index contributed by atoms with van der Waals surface area (Å²) in [5.74, 6) is 0.127. The number of halogens is 1. The Morgan fingerprint density at radius 1 is 1.03 bits per heavy atom. The second kappa shape index (κ2) is 9.17. The highest BCUT2D eigenvalue weighted by molar-refractivity contribution is 5.83. The van der Waals surface area contributed by atoms with Crippen LogP contribution in [0.4, 0.5) is 0 Å². The topological polar surface area (TPSA) is 69.4 Å². The Hall–Kier alpha value is -1.40. The Morgan fingerprint density at radius 3 is 2.24 bits per heavy atom. The maximum Gasteiger partial charge on any atom is 0.317 e. The monoisotopic (exact) mass is 464 g/mol. The summed E-state index contributed by atoms with van der Waals surface area (Å²) in [7, 11) is 0. The molecule has 160 valence electrons. The predicted molar refractivity (Wildman–Crippen MR) is 107 cm³/mol. The first-order valence-corrected chi connectivity index (χ1v) is 10.9. The van der Waals surface area contributed by atoms with E-state index in [0.29, 0.717) is 16.9 Å². The average Bonchev–Trinajstić information content (AvgIpc) is 2.96. The highest BCUT2D eigenvalue weighted by Gasteiger charge is 2.50. The molecule has 0 aromatic heterocycles. The molecule has 6 heteroatoms. The summed E-state index contributed by atoms with van der Waals surface area (Å²) in [5, 5.41) is 0. The third-order valence-corrected chi connectivity index (χ3v) is 7.47. The number of esters is 1. The van der Waals surface area contributed by atoms with Crippen molar-refractivity contribution in [3.05, 3.63) is 35.9 Å². The number of ether oxygens (including phenoxy) is 1. The predicted octanol–water partition coefficient (Wildman–Crippen LogP) is -0.0799. The first-order chi connectivity index (χ1) is 13.5. The van der Waals surface area contributed by atoms with Gasteiger partial charge in [-0.25, -0.2) is 0 Å². The van der Waals surface area contributed by atoms with Crippen LogP contribution in [0.2, 0.25) is 0 Å². The van der Waals surface area contributed by atoms with E-state index >= 15 is 0 Å². The Kier molecular flexibility index (Phi) is 7.05. The molecule has 1 aromatic carbocycles. The number of hydrogen-bond donors (Lipinski definition) is 1. The van der Waals surface area contributed by atoms with Gasteiger partial charge in [0.2, 0.25) is 0 Å². The summed E-state index contributed by atoms with van der Waals surface area (Å²) in [6, 6.07) is 10.2. The van der Waals surface area contributed by atoms with Gasteiger partial charge in [0.1, 0.15) is 6.54 Å². The SMILES string of the molecule is NC(=O)C[N+]12CCC(CC1)[C@@H](OC(=O)C1(c3ccccc3)CCCCCC1)C2.[Br-]. The lowest BCUT2D eigenvalue weighted by atomic mass is 9.74. The number of nitrogens with two attached hydrogens (primary N) is 1. The quantitative estimate of drug-likeness (QED) is 0.376. The van der Waals surface area contributed by atoms with Crippen LogP contribution < -0.4 is 22.7 Å². The van der Waals surface area contributed by atoms with Crippen molar-refractivity contribution < 1.29 is 35.8 Å². The van der Waals surface area contributed by atoms with Gasteiger partial charge in [0.25, 0.3) is 5.91 Å². The number of nitrogens with zero attached hydrogens (tertiary/aromatic N) is 1. The largest absolute Gasteiger partial charge is 1.00 e. The highest BCUT2D eigenvalue weighted by atomic mass is 79.9. The van der Waals surface area contributed by atoms with Gasteiger partial charge in [-0.2, -0.15) is 0 Å². The van der Waals surface area contributed by atoms with Gasteiger partial charge in [-0.1, -0.05) is 56.0 Å². The first kappa shape index (κ1) is 22.3. The summed E-state index contributed by atoms with van der Waals surface area (Å²) < 4.78 is 6.97. The van der Waals surface area contributed by atoms with Crippen LogP contribution in [0, 0.1) is 5.92 Å². The van der Waals surface area contributed by atoms with Gasteiger partial charge >= 0.3 is 5.97 Å². The van der Waals surface area contributed by atoms with E-state index in [1.807, 2.05) is 18.2 Å². The van der Waals surface area contributed by atoms with Crippen molar-refractivity contribution in [2.45, 2.75) is 62.9 Å². The van der Waals surface area contributed by atoms with E-state index in [4.69, 9.17) is 10.5 Å². The van der Waals surface area contributed by atoms with E-state index in [1.165, 1.54) is 12.8 Å². The van der Waals surface area contributed by atoms with Crippen LogP contribution in [0.1, 0.15) is 56.9 Å². The van der Waals surface area contributed by atoms with Gasteiger partial charge in [-0.3, -0.25) is 9.59 Å². The Bertz CT molecular complexity index is 708. The zero-order valence-electron chi connectivity index (χ0n) is 17.2. The van der Waals surface area contributed by atoms with Gasteiger partial charge in [-0.05, 0) is 18.4 Å². The lowest BCUT2D eigenvalue weighted by Crippen LogP contribution is -3.00. The number of rotatable bonds is 5. The molecule has 1 aromatic rings. The molecule has 3 heterocycles. The Balaban J connectivity index is 0.00000240. The highest BCUT2D eigenvalue weighted by Crippen LogP contribution is 2.42. The second-order valence-electron chi connectivity index (χ2n) is 9.24. The van der Waals surface area contributed by atoms with E-state index in [9.17, 15) is 9.59 Å². The fourth-order valence-electron chi connectivity index (χ4n) is 5.86. The summed E-state index contributed by atoms with van der Waals surface area (Å²) >= 11 is 0. The van der Waals surface area contributed by atoms with E-state index in [2.05, 4.69) is 12.1 Å². The minimum atomic E-state index is -0.516. The number of hydrogen-bond acceptors (Lipinski definition) is 3. The van der Waals surface area contributed by atoms with Crippen LogP contribution in [0.25, 0.3) is 0 Å². The second-order valence-corrected chi connectivity index (χ2v) is 9.24. The van der Waals surface area contributed by atoms with Crippen molar-refractivity contribution in [3.8, 4) is 0 Å². The molecule has 5 nitrogen and oxygen atoms in total. The Labute approximate surface area is 184 Å². The summed E-state index contributed by atoms with van der Waals surface area (Å²) in [4.78, 5) is 25.2. The normalized spacial score (nSPS) is 30.6. The molecule has 1 atom stereocenters. The summed E-state index contributed by atoms with van der Waals surface area (Å²) in [6.07, 6.45) is 8.20. The molecule has 1 amide bonds. The molecule has 4 fully saturated rings. The third kappa shape index (κ3) is 4.53. The van der Waals surface area contributed by atoms with E-state index in [0.717, 1.165) is 63.7 Å². The van der Waals surface area contributed by atoms with E-state index < -0.39 is 5.41 Å². The van der Waals surface area contributed by atoms with Gasteiger partial charge in [0.15, 0.2) is 12.6 Å².